The molecule has 2 heterocycles. The minimum atomic E-state index is 0. The first-order chi connectivity index (χ1) is 5.90. The summed E-state index contributed by atoms with van der Waals surface area (Å²) in [6.07, 6.45) is 4.43. The Labute approximate surface area is 82.2 Å². The van der Waals surface area contributed by atoms with Crippen molar-refractivity contribution in [3.05, 3.63) is 30.4 Å². The van der Waals surface area contributed by atoms with Crippen LogP contribution in [0.1, 0.15) is 5.82 Å². The van der Waals surface area contributed by atoms with E-state index >= 15 is 0 Å². The summed E-state index contributed by atoms with van der Waals surface area (Å²) in [6.45, 7) is 0.590. The first kappa shape index (κ1) is 9.95. The van der Waals surface area contributed by atoms with Crippen LogP contribution in [0.5, 0.6) is 0 Å². The van der Waals surface area contributed by atoms with Crippen LogP contribution in [0.4, 0.5) is 0 Å². The summed E-state index contributed by atoms with van der Waals surface area (Å²) in [7, 11) is 0. The molecule has 0 aliphatic rings. The molecular formula is C8H11ClN4. The van der Waals surface area contributed by atoms with Crippen LogP contribution in [0.3, 0.4) is 0 Å². The van der Waals surface area contributed by atoms with Gasteiger partial charge < -0.3 is 5.73 Å². The van der Waals surface area contributed by atoms with Gasteiger partial charge in [-0.05, 0) is 18.7 Å². The SMILES string of the molecule is Cl.NCCc1ncc2cccn2n1. The van der Waals surface area contributed by atoms with Gasteiger partial charge in [0.25, 0.3) is 0 Å². The van der Waals surface area contributed by atoms with Crippen molar-refractivity contribution < 1.29 is 0 Å². The third kappa shape index (κ3) is 1.96. The third-order valence-electron chi connectivity index (χ3n) is 1.70. The molecule has 0 aliphatic heterocycles. The predicted molar refractivity (Wildman–Crippen MR) is 53.0 cm³/mol. The first-order valence-corrected chi connectivity index (χ1v) is 3.89. The largest absolute Gasteiger partial charge is 0.330 e. The number of nitrogens with two attached hydrogens (primary N) is 1. The number of fused-ring (bicyclic) bond motifs is 1. The van der Waals surface area contributed by atoms with E-state index < -0.39 is 0 Å². The molecule has 0 atom stereocenters. The summed E-state index contributed by atoms with van der Waals surface area (Å²) < 4.78 is 1.80. The molecular weight excluding hydrogens is 188 g/mol. The van der Waals surface area contributed by atoms with Crippen molar-refractivity contribution >= 4 is 17.9 Å². The van der Waals surface area contributed by atoms with Crippen molar-refractivity contribution in [1.82, 2.24) is 14.6 Å². The second-order valence-corrected chi connectivity index (χ2v) is 2.59. The van der Waals surface area contributed by atoms with Crippen molar-refractivity contribution in [1.29, 1.82) is 0 Å². The molecule has 0 saturated heterocycles. The number of hydrogen-bond acceptors (Lipinski definition) is 3. The molecule has 2 aromatic heterocycles. The summed E-state index contributed by atoms with van der Waals surface area (Å²) in [5.74, 6) is 0.793. The molecule has 0 saturated carbocycles. The normalized spacial score (nSPS) is 9.92. The van der Waals surface area contributed by atoms with Crippen molar-refractivity contribution in [2.24, 2.45) is 5.73 Å². The van der Waals surface area contributed by atoms with E-state index in [1.54, 1.807) is 10.7 Å². The zero-order chi connectivity index (χ0) is 8.39. The molecule has 70 valence electrons. The zero-order valence-corrected chi connectivity index (χ0v) is 7.87. The van der Waals surface area contributed by atoms with Gasteiger partial charge in [0.2, 0.25) is 0 Å². The van der Waals surface area contributed by atoms with Crippen LogP contribution < -0.4 is 5.73 Å². The minimum Gasteiger partial charge on any atom is -0.330 e. The van der Waals surface area contributed by atoms with Crippen molar-refractivity contribution in [3.8, 4) is 0 Å². The fourth-order valence-corrected chi connectivity index (χ4v) is 1.11. The molecule has 0 aliphatic carbocycles. The topological polar surface area (TPSA) is 56.2 Å². The van der Waals surface area contributed by atoms with Gasteiger partial charge in [-0.25, -0.2) is 9.50 Å². The second-order valence-electron chi connectivity index (χ2n) is 2.59. The van der Waals surface area contributed by atoms with Gasteiger partial charge in [-0.15, -0.1) is 12.4 Å². The maximum Gasteiger partial charge on any atom is 0.150 e. The highest BCUT2D eigenvalue weighted by Crippen LogP contribution is 2.00. The monoisotopic (exact) mass is 198 g/mol. The van der Waals surface area contributed by atoms with Crippen molar-refractivity contribution in [2.75, 3.05) is 6.54 Å². The molecule has 0 radical (unpaired) electrons. The highest BCUT2D eigenvalue weighted by atomic mass is 35.5. The summed E-state index contributed by atoms with van der Waals surface area (Å²) in [5, 5.41) is 4.25. The van der Waals surface area contributed by atoms with Crippen molar-refractivity contribution in [3.63, 3.8) is 0 Å². The molecule has 0 amide bonds. The standard InChI is InChI=1S/C8H10N4.ClH/c9-4-3-8-10-6-7-2-1-5-12(7)11-8;/h1-2,5-6H,3-4,9H2;1H. The molecule has 5 heteroatoms. The highest BCUT2D eigenvalue weighted by Gasteiger charge is 1.96. The number of nitrogens with zero attached hydrogens (tertiary/aromatic N) is 3. The summed E-state index contributed by atoms with van der Waals surface area (Å²) in [5.41, 5.74) is 6.40. The van der Waals surface area contributed by atoms with E-state index in [-0.39, 0.29) is 12.4 Å². The van der Waals surface area contributed by atoms with Gasteiger partial charge in [-0.3, -0.25) is 0 Å². The molecule has 0 aromatic carbocycles. The van der Waals surface area contributed by atoms with Gasteiger partial charge in [0.05, 0.1) is 11.7 Å². The van der Waals surface area contributed by atoms with Gasteiger partial charge in [0.1, 0.15) is 5.82 Å². The third-order valence-corrected chi connectivity index (χ3v) is 1.70. The van der Waals surface area contributed by atoms with E-state index in [2.05, 4.69) is 10.1 Å². The summed E-state index contributed by atoms with van der Waals surface area (Å²) in [4.78, 5) is 4.16. The molecule has 0 spiro atoms. The Bertz CT molecular complexity index is 384. The Morgan fingerprint density at radius 2 is 2.31 bits per heavy atom. The van der Waals surface area contributed by atoms with E-state index in [1.807, 2.05) is 18.3 Å². The van der Waals surface area contributed by atoms with Gasteiger partial charge in [-0.1, -0.05) is 0 Å². The van der Waals surface area contributed by atoms with Gasteiger partial charge in [-0.2, -0.15) is 5.10 Å². The number of halogens is 1. The fourth-order valence-electron chi connectivity index (χ4n) is 1.11. The van der Waals surface area contributed by atoms with Crippen LogP contribution in [0, 0.1) is 0 Å². The number of aromatic nitrogens is 3. The predicted octanol–water partition coefficient (Wildman–Crippen LogP) is 0.652. The maximum absolute atomic E-state index is 5.39. The zero-order valence-electron chi connectivity index (χ0n) is 7.05. The smallest absolute Gasteiger partial charge is 0.150 e. The number of rotatable bonds is 2. The van der Waals surface area contributed by atoms with Crippen LogP contribution in [-0.4, -0.2) is 21.1 Å². The molecule has 2 rings (SSSR count). The maximum atomic E-state index is 5.39. The van der Waals surface area contributed by atoms with E-state index in [0.29, 0.717) is 6.54 Å². The van der Waals surface area contributed by atoms with E-state index in [0.717, 1.165) is 17.8 Å². The Balaban J connectivity index is 0.000000845. The van der Waals surface area contributed by atoms with E-state index in [1.165, 1.54) is 0 Å². The van der Waals surface area contributed by atoms with Gasteiger partial charge in [0.15, 0.2) is 0 Å². The summed E-state index contributed by atoms with van der Waals surface area (Å²) in [6, 6.07) is 3.91. The van der Waals surface area contributed by atoms with Crippen LogP contribution >= 0.6 is 12.4 Å². The van der Waals surface area contributed by atoms with E-state index in [9.17, 15) is 0 Å². The van der Waals surface area contributed by atoms with Crippen LogP contribution in [-0.2, 0) is 6.42 Å². The molecule has 0 bridgehead atoms. The Morgan fingerprint density at radius 1 is 1.46 bits per heavy atom. The Morgan fingerprint density at radius 3 is 3.08 bits per heavy atom. The molecule has 4 nitrogen and oxygen atoms in total. The average Bonchev–Trinajstić information content (AvgIpc) is 2.51. The van der Waals surface area contributed by atoms with Crippen LogP contribution in [0.25, 0.3) is 5.52 Å². The van der Waals surface area contributed by atoms with Crippen LogP contribution in [0.15, 0.2) is 24.5 Å². The van der Waals surface area contributed by atoms with Gasteiger partial charge in [0, 0.05) is 12.6 Å². The van der Waals surface area contributed by atoms with Gasteiger partial charge >= 0.3 is 0 Å². The second kappa shape index (κ2) is 4.20. The minimum absolute atomic E-state index is 0. The molecule has 2 N–H and O–H groups in total. The Hall–Kier alpha value is -1.13. The average molecular weight is 199 g/mol. The lowest BCUT2D eigenvalue weighted by molar-refractivity contribution is 0.784. The highest BCUT2D eigenvalue weighted by molar-refractivity contribution is 5.85. The summed E-state index contributed by atoms with van der Waals surface area (Å²) >= 11 is 0. The fraction of sp³-hybridized carbons (Fsp3) is 0.250. The van der Waals surface area contributed by atoms with Crippen molar-refractivity contribution in [2.45, 2.75) is 6.42 Å². The Kier molecular flexibility index (Phi) is 3.22. The van der Waals surface area contributed by atoms with Crippen LogP contribution in [0.2, 0.25) is 0 Å². The lowest BCUT2D eigenvalue weighted by Gasteiger charge is -1.97. The molecule has 2 aromatic rings. The molecule has 13 heavy (non-hydrogen) atoms. The number of hydrogen-bond donors (Lipinski definition) is 1. The molecule has 0 fully saturated rings. The molecule has 0 unspecified atom stereocenters. The lowest BCUT2D eigenvalue weighted by atomic mass is 10.4. The lowest BCUT2D eigenvalue weighted by Crippen LogP contribution is -2.08. The first-order valence-electron chi connectivity index (χ1n) is 3.89. The quantitative estimate of drug-likeness (QED) is 0.771. The van der Waals surface area contributed by atoms with E-state index in [4.69, 9.17) is 5.73 Å².